The molecule has 1 aromatic carbocycles. The fraction of sp³-hybridized carbons (Fsp3) is 0.554. The Kier molecular flexibility index (Phi) is 27.6. The average Bonchev–Trinajstić information content (AvgIpc) is 3.01. The minimum absolute atomic E-state index is 0.0106. The summed E-state index contributed by atoms with van der Waals surface area (Å²) in [4.78, 5) is 144. The second kappa shape index (κ2) is 34.9. The highest BCUT2D eigenvalue weighted by molar-refractivity contribution is 5.98. The number of aromatic nitrogens is 3. The van der Waals surface area contributed by atoms with Gasteiger partial charge in [0, 0.05) is 91.8 Å². The fourth-order valence-electron chi connectivity index (χ4n) is 9.25. The van der Waals surface area contributed by atoms with Gasteiger partial charge in [-0.25, -0.2) is 19.6 Å². The van der Waals surface area contributed by atoms with Crippen molar-refractivity contribution in [1.82, 2.24) is 49.7 Å². The van der Waals surface area contributed by atoms with Crippen LogP contribution in [0.2, 0.25) is 0 Å². The molecule has 5 N–H and O–H groups in total. The number of primary amides is 1. The number of hydrogen-bond acceptors (Lipinski definition) is 19. The van der Waals surface area contributed by atoms with E-state index in [0.717, 1.165) is 12.5 Å². The molecule has 5 rings (SSSR count). The Bertz CT molecular complexity index is 2840. The van der Waals surface area contributed by atoms with Crippen LogP contribution in [0.25, 0.3) is 11.0 Å². The maximum atomic E-state index is 13.7. The zero-order valence-electron chi connectivity index (χ0n) is 48.8. The molecule has 29 nitrogen and oxygen atoms in total. The van der Waals surface area contributed by atoms with Gasteiger partial charge in [0.05, 0.1) is 83.3 Å². The molecule has 2 aliphatic rings. The van der Waals surface area contributed by atoms with Crippen molar-refractivity contribution in [3.63, 3.8) is 0 Å². The van der Waals surface area contributed by atoms with Gasteiger partial charge in [0.1, 0.15) is 43.5 Å². The van der Waals surface area contributed by atoms with Gasteiger partial charge >= 0.3 is 12.1 Å². The second-order valence-corrected chi connectivity index (χ2v) is 20.3. The van der Waals surface area contributed by atoms with Crippen molar-refractivity contribution in [2.45, 2.75) is 70.2 Å². The molecule has 85 heavy (non-hydrogen) atoms. The molecule has 0 saturated carbocycles. The summed E-state index contributed by atoms with van der Waals surface area (Å²) in [5.41, 5.74) is 6.82. The lowest BCUT2D eigenvalue weighted by molar-refractivity contribution is -0.142. The van der Waals surface area contributed by atoms with Gasteiger partial charge in [-0.05, 0) is 55.0 Å². The van der Waals surface area contributed by atoms with Crippen LogP contribution in [-0.2, 0) is 68.6 Å². The summed E-state index contributed by atoms with van der Waals surface area (Å²) < 4.78 is 28.7. The molecular formula is C56H78N14O15. The Morgan fingerprint density at radius 1 is 0.824 bits per heavy atom. The predicted octanol–water partition coefficient (Wildman–Crippen LogP) is 0.263. The van der Waals surface area contributed by atoms with E-state index in [1.54, 1.807) is 62.6 Å². The molecule has 0 bridgehead atoms. The van der Waals surface area contributed by atoms with E-state index < -0.39 is 60.7 Å². The number of aldehydes is 1. The smallest absolute Gasteiger partial charge is 0.409 e. The van der Waals surface area contributed by atoms with Gasteiger partial charge < -0.3 is 74.8 Å². The number of allylic oxidation sites excluding steroid dienone is 1. The number of benzene rings is 1. The van der Waals surface area contributed by atoms with E-state index in [-0.39, 0.29) is 102 Å². The number of nitrogens with zero attached hydrogens (tertiary/aromatic N) is 10. The Morgan fingerprint density at radius 2 is 1.49 bits per heavy atom. The van der Waals surface area contributed by atoms with Crippen LogP contribution in [0.15, 0.2) is 55.0 Å². The number of anilines is 2. The maximum Gasteiger partial charge on any atom is 0.409 e. The summed E-state index contributed by atoms with van der Waals surface area (Å²) in [5, 5.41) is 17.5. The third-order valence-electron chi connectivity index (χ3n) is 14.2. The van der Waals surface area contributed by atoms with Gasteiger partial charge in [-0.1, -0.05) is 19.1 Å². The zero-order chi connectivity index (χ0) is 61.8. The molecule has 0 radical (unpaired) electrons. The van der Waals surface area contributed by atoms with Crippen molar-refractivity contribution in [3.05, 3.63) is 60.6 Å². The van der Waals surface area contributed by atoms with E-state index in [0.29, 0.717) is 86.9 Å². The van der Waals surface area contributed by atoms with Crippen molar-refractivity contribution in [3.8, 4) is 6.07 Å². The molecule has 9 amide bonds. The van der Waals surface area contributed by atoms with Crippen molar-refractivity contribution < 1.29 is 71.6 Å². The van der Waals surface area contributed by atoms with Crippen molar-refractivity contribution in [1.29, 1.82) is 5.26 Å². The molecule has 2 fully saturated rings. The highest BCUT2D eigenvalue weighted by atomic mass is 16.6. The number of fused-ring (bicyclic) bond motifs is 1. The van der Waals surface area contributed by atoms with E-state index >= 15 is 0 Å². The minimum Gasteiger partial charge on any atom is -0.445 e. The largest absolute Gasteiger partial charge is 0.445 e. The minimum atomic E-state index is -1.34. The van der Waals surface area contributed by atoms with Crippen LogP contribution in [-0.4, -0.2) is 244 Å². The molecular weight excluding hydrogens is 1110 g/mol. The number of nitriles is 1. The molecule has 4 atom stereocenters. The molecule has 0 aliphatic carbocycles. The number of carbonyl (C=O) groups excluding carboxylic acids is 10. The number of carbonyl (C=O) groups is 10. The Hall–Kier alpha value is -8.59. The monoisotopic (exact) mass is 1190 g/mol. The molecule has 462 valence electrons. The summed E-state index contributed by atoms with van der Waals surface area (Å²) in [6, 6.07) is 7.39. The number of nitrogens with one attached hydrogen (secondary N) is 3. The maximum absolute atomic E-state index is 13.7. The number of amides is 9. The normalized spacial score (nSPS) is 16.0. The molecule has 0 spiro atoms. The number of nitrogens with two attached hydrogens (primary N) is 1. The second-order valence-electron chi connectivity index (χ2n) is 20.3. The summed E-state index contributed by atoms with van der Waals surface area (Å²) in [5.74, 6) is -2.95. The highest BCUT2D eigenvalue weighted by Gasteiger charge is 2.39. The van der Waals surface area contributed by atoms with Crippen LogP contribution < -0.4 is 26.6 Å². The summed E-state index contributed by atoms with van der Waals surface area (Å²) in [6.45, 7) is 5.31. The Labute approximate surface area is 493 Å². The number of hydrogen-bond donors (Lipinski definition) is 4. The molecule has 29 heteroatoms. The fourth-order valence-corrected chi connectivity index (χ4v) is 9.25. The first-order valence-electron chi connectivity index (χ1n) is 27.9. The predicted molar refractivity (Wildman–Crippen MR) is 306 cm³/mol. The van der Waals surface area contributed by atoms with Gasteiger partial charge in [0.25, 0.3) is 0 Å². The third-order valence-corrected chi connectivity index (χ3v) is 14.2. The molecule has 3 aromatic rings. The number of rotatable bonds is 33. The number of ether oxygens (including phenoxy) is 5. The quantitative estimate of drug-likeness (QED) is 0.0361. The van der Waals surface area contributed by atoms with Crippen LogP contribution >= 0.6 is 0 Å². The first-order valence-corrected chi connectivity index (χ1v) is 27.9. The number of piperidine rings is 1. The molecule has 4 heterocycles. The van der Waals surface area contributed by atoms with Crippen molar-refractivity contribution >= 4 is 82.3 Å². The van der Waals surface area contributed by atoms with Gasteiger partial charge in [-0.2, -0.15) is 5.26 Å². The van der Waals surface area contributed by atoms with E-state index in [2.05, 4.69) is 32.8 Å². The zero-order valence-corrected chi connectivity index (χ0v) is 48.8. The van der Waals surface area contributed by atoms with Gasteiger partial charge in [-0.15, -0.1) is 0 Å². The van der Waals surface area contributed by atoms with Crippen LogP contribution in [0.1, 0.15) is 51.0 Å². The van der Waals surface area contributed by atoms with E-state index in [4.69, 9.17) is 34.7 Å². The lowest BCUT2D eigenvalue weighted by atomic mass is 9.92. The third kappa shape index (κ3) is 21.2. The molecule has 4 unspecified atom stereocenters. The summed E-state index contributed by atoms with van der Waals surface area (Å²) >= 11 is 0. The highest BCUT2D eigenvalue weighted by Crippen LogP contribution is 2.30. The van der Waals surface area contributed by atoms with Gasteiger partial charge in [-0.3, -0.25) is 42.9 Å². The molecule has 2 aromatic heterocycles. The number of likely N-dealkylation sites (N-methyl/N-ethyl adjacent to an activating group) is 4. The Balaban J connectivity index is 0.958. The van der Waals surface area contributed by atoms with Crippen LogP contribution in [0.5, 0.6) is 0 Å². The van der Waals surface area contributed by atoms with E-state index in [1.807, 2.05) is 18.0 Å². The van der Waals surface area contributed by atoms with Crippen molar-refractivity contribution in [2.75, 3.05) is 137 Å². The lowest BCUT2D eigenvalue weighted by Crippen LogP contribution is -2.54. The molecule has 2 aliphatic heterocycles. The van der Waals surface area contributed by atoms with Crippen LogP contribution in [0, 0.1) is 17.2 Å². The standard InChI is InChI=1S/C56H78N14O15/c1-39-15-20-68(50(76)14-18-57)36-45(39)67(5)51-42-16-21-70(52(42)61-38-60-51)55(79)65(3)22-23-66(4)56(80)85-37-40-10-12-41(13-11-40)62-48(74)35-59-53(77)44-8-6-19-69(44)54(78)43(34-46(58)72)63-47(73)17-26-81-28-30-83-32-33-84-31-29-82-27-24-64(2)49(75)9-7-25-71/h7,9-13,16,21,25,38-39,43-45H,6,8,14-15,17,19-20,22-24,26-37H2,1-5H3,(H2,58,72)(H,59,77)(H,62,74)(H,63,73)/b9-7-. The lowest BCUT2D eigenvalue weighted by Gasteiger charge is -2.42. The summed E-state index contributed by atoms with van der Waals surface area (Å²) in [7, 11) is 6.63. The van der Waals surface area contributed by atoms with Crippen LogP contribution in [0.3, 0.4) is 0 Å². The van der Waals surface area contributed by atoms with E-state index in [1.165, 1.54) is 36.6 Å². The first-order chi connectivity index (χ1) is 40.8. The Morgan fingerprint density at radius 3 is 2.16 bits per heavy atom. The van der Waals surface area contributed by atoms with Gasteiger partial charge in [0.15, 0.2) is 5.65 Å². The number of likely N-dealkylation sites (tertiary alicyclic amines) is 2. The van der Waals surface area contributed by atoms with Gasteiger partial charge in [0.2, 0.25) is 41.4 Å². The summed E-state index contributed by atoms with van der Waals surface area (Å²) in [6.07, 6.45) is 5.85. The van der Waals surface area contributed by atoms with Crippen molar-refractivity contribution in [2.24, 2.45) is 11.7 Å². The molecule has 2 saturated heterocycles. The van der Waals surface area contributed by atoms with E-state index in [9.17, 15) is 47.9 Å². The average molecular weight is 1190 g/mol. The van der Waals surface area contributed by atoms with Crippen LogP contribution in [0.4, 0.5) is 21.1 Å². The SMILES string of the molecule is CC1CCN(C(=O)CC#N)CC1N(C)c1ncnc2c1ccn2C(=O)N(C)CCN(C)C(=O)OCc1ccc(NC(=O)CNC(=O)C2CCCN2C(=O)C(CC(N)=O)NC(=O)CCOCCOCCOCCOCCN(C)C(=O)/C=C\C=O)cc1. The first kappa shape index (κ1) is 67.2. The topological polar surface area (TPSA) is 353 Å².